The van der Waals surface area contributed by atoms with Crippen molar-refractivity contribution in [3.8, 4) is 0 Å². The molecule has 0 unspecified atom stereocenters. The molecule has 1 saturated heterocycles. The highest BCUT2D eigenvalue weighted by Crippen LogP contribution is 2.48. The third-order valence-corrected chi connectivity index (χ3v) is 7.49. The Hall–Kier alpha value is -3.56. The largest absolute Gasteiger partial charge is 0.457 e. The number of β-lactam (4-membered cyclic amide) rings is 1. The molecule has 3 atom stereocenters. The van der Waals surface area contributed by atoms with E-state index in [1.807, 2.05) is 31.2 Å². The molecule has 37 heavy (non-hydrogen) atoms. The second-order valence-electron chi connectivity index (χ2n) is 10.3. The van der Waals surface area contributed by atoms with E-state index in [1.54, 1.807) is 29.4 Å². The summed E-state index contributed by atoms with van der Waals surface area (Å²) in [7, 11) is -1.84. The number of nitrogens with one attached hydrogen (secondary N) is 1. The standard InChI is InChI=1S/C28H33N3O5Si/c1-6-15-35-28(34)26-22(17-23-25(27(33)31(23)26)18(2)36-37(3,4)5)20-9-7-19(8-10-20)16-24(32)30-21-11-13-29-14-12-21/h6-14,18,23,25H,1,15-17H2,2-5H3,(H,29,30,32)/t18-,23-,25-/m1/s1. The van der Waals surface area contributed by atoms with Crippen LogP contribution < -0.4 is 5.32 Å². The van der Waals surface area contributed by atoms with E-state index in [0.717, 1.165) is 16.7 Å². The average Bonchev–Trinajstić information content (AvgIpc) is 3.17. The number of benzene rings is 1. The number of nitrogens with zero attached hydrogens (tertiary/aromatic N) is 2. The smallest absolute Gasteiger partial charge is 0.355 e. The molecular weight excluding hydrogens is 486 g/mol. The third kappa shape index (κ3) is 5.89. The number of ether oxygens (including phenoxy) is 1. The van der Waals surface area contributed by atoms with Gasteiger partial charge in [-0.15, -0.1) is 0 Å². The number of carbonyl (C=O) groups is 3. The van der Waals surface area contributed by atoms with Crippen molar-refractivity contribution in [2.75, 3.05) is 11.9 Å². The van der Waals surface area contributed by atoms with Crippen LogP contribution in [-0.2, 0) is 30.0 Å². The first-order valence-corrected chi connectivity index (χ1v) is 15.8. The van der Waals surface area contributed by atoms with Crippen molar-refractivity contribution < 1.29 is 23.5 Å². The SMILES string of the molecule is C=CCOC(=O)C1=C(c2ccc(CC(=O)Nc3ccncc3)cc2)C[C@@H]2[C@@H]([C@@H](C)O[Si](C)(C)C)C(=O)N12. The first-order chi connectivity index (χ1) is 17.6. The molecule has 1 aromatic carbocycles. The summed E-state index contributed by atoms with van der Waals surface area (Å²) < 4.78 is 11.6. The van der Waals surface area contributed by atoms with Gasteiger partial charge >= 0.3 is 5.97 Å². The summed E-state index contributed by atoms with van der Waals surface area (Å²) in [6, 6.07) is 10.8. The number of amides is 2. The van der Waals surface area contributed by atoms with Gasteiger partial charge in [0.15, 0.2) is 8.32 Å². The van der Waals surface area contributed by atoms with Crippen molar-refractivity contribution in [2.45, 2.75) is 51.6 Å². The van der Waals surface area contributed by atoms with Gasteiger partial charge in [0.1, 0.15) is 12.3 Å². The number of carbonyl (C=O) groups excluding carboxylic acids is 3. The maximum atomic E-state index is 13.2. The minimum absolute atomic E-state index is 0.0619. The van der Waals surface area contributed by atoms with E-state index in [1.165, 1.54) is 6.08 Å². The molecule has 2 amide bonds. The molecule has 0 radical (unpaired) electrons. The molecule has 1 aromatic heterocycles. The highest BCUT2D eigenvalue weighted by molar-refractivity contribution is 6.69. The van der Waals surface area contributed by atoms with Gasteiger partial charge in [-0.3, -0.25) is 14.6 Å². The number of rotatable bonds is 10. The molecule has 0 spiro atoms. The molecular formula is C28H33N3O5Si. The van der Waals surface area contributed by atoms with Gasteiger partial charge in [0, 0.05) is 18.1 Å². The van der Waals surface area contributed by atoms with Crippen molar-refractivity contribution in [3.63, 3.8) is 0 Å². The number of hydrogen-bond acceptors (Lipinski definition) is 6. The highest BCUT2D eigenvalue weighted by atomic mass is 28.4. The summed E-state index contributed by atoms with van der Waals surface area (Å²) in [6.07, 6.45) is 5.25. The van der Waals surface area contributed by atoms with E-state index in [0.29, 0.717) is 12.1 Å². The quantitative estimate of drug-likeness (QED) is 0.219. The lowest BCUT2D eigenvalue weighted by Gasteiger charge is -2.47. The summed E-state index contributed by atoms with van der Waals surface area (Å²) in [4.78, 5) is 44.2. The van der Waals surface area contributed by atoms with Crippen LogP contribution in [0.4, 0.5) is 5.69 Å². The number of fused-ring (bicyclic) bond motifs is 1. The number of pyridine rings is 1. The van der Waals surface area contributed by atoms with E-state index in [2.05, 4.69) is 36.5 Å². The lowest BCUT2D eigenvalue weighted by molar-refractivity contribution is -0.161. The van der Waals surface area contributed by atoms with Crippen LogP contribution in [0.2, 0.25) is 19.6 Å². The summed E-state index contributed by atoms with van der Waals surface area (Å²) >= 11 is 0. The molecule has 2 aromatic rings. The highest BCUT2D eigenvalue weighted by Gasteiger charge is 2.57. The molecule has 8 nitrogen and oxygen atoms in total. The molecule has 0 saturated carbocycles. The van der Waals surface area contributed by atoms with E-state index in [9.17, 15) is 14.4 Å². The number of esters is 1. The van der Waals surface area contributed by atoms with E-state index in [4.69, 9.17) is 9.16 Å². The van der Waals surface area contributed by atoms with Crippen molar-refractivity contribution >= 4 is 37.4 Å². The maximum Gasteiger partial charge on any atom is 0.355 e. The van der Waals surface area contributed by atoms with Crippen LogP contribution in [0.5, 0.6) is 0 Å². The molecule has 0 aliphatic carbocycles. The lowest BCUT2D eigenvalue weighted by Crippen LogP contribution is -2.63. The summed E-state index contributed by atoms with van der Waals surface area (Å²) in [6.45, 7) is 11.9. The third-order valence-electron chi connectivity index (χ3n) is 6.41. The van der Waals surface area contributed by atoms with Gasteiger partial charge in [-0.1, -0.05) is 36.9 Å². The fourth-order valence-electron chi connectivity index (χ4n) is 4.99. The molecule has 194 valence electrons. The van der Waals surface area contributed by atoms with E-state index < -0.39 is 14.3 Å². The fourth-order valence-corrected chi connectivity index (χ4v) is 6.25. The van der Waals surface area contributed by atoms with Gasteiger partial charge in [0.25, 0.3) is 0 Å². The van der Waals surface area contributed by atoms with Crippen LogP contribution in [0.1, 0.15) is 24.5 Å². The molecule has 1 fully saturated rings. The van der Waals surface area contributed by atoms with Crippen molar-refractivity contribution in [1.29, 1.82) is 0 Å². The van der Waals surface area contributed by atoms with Crippen molar-refractivity contribution in [1.82, 2.24) is 9.88 Å². The normalized spacial score (nSPS) is 19.7. The molecule has 1 N–H and O–H groups in total. The predicted octanol–water partition coefficient (Wildman–Crippen LogP) is 4.17. The number of anilines is 1. The Labute approximate surface area is 218 Å². The molecule has 9 heteroatoms. The summed E-state index contributed by atoms with van der Waals surface area (Å²) in [5.74, 6) is -1.09. The van der Waals surface area contributed by atoms with Crippen LogP contribution >= 0.6 is 0 Å². The van der Waals surface area contributed by atoms with Crippen molar-refractivity contribution in [3.05, 3.63) is 78.3 Å². The lowest BCUT2D eigenvalue weighted by atomic mass is 9.82. The van der Waals surface area contributed by atoms with Gasteiger partial charge in [0.05, 0.1) is 24.5 Å². The molecule has 4 rings (SSSR count). The van der Waals surface area contributed by atoms with Crippen LogP contribution in [0, 0.1) is 5.92 Å². The van der Waals surface area contributed by atoms with Crippen LogP contribution in [-0.4, -0.2) is 54.7 Å². The first kappa shape index (κ1) is 26.5. The second kappa shape index (κ2) is 10.8. The van der Waals surface area contributed by atoms with Crippen molar-refractivity contribution in [2.24, 2.45) is 5.92 Å². The van der Waals surface area contributed by atoms with Gasteiger partial charge < -0.3 is 19.4 Å². The molecule has 2 aliphatic heterocycles. The molecule has 2 aliphatic rings. The summed E-state index contributed by atoms with van der Waals surface area (Å²) in [5.41, 5.74) is 3.40. The summed E-state index contributed by atoms with van der Waals surface area (Å²) in [5, 5.41) is 2.85. The Kier molecular flexibility index (Phi) is 7.75. The van der Waals surface area contributed by atoms with Gasteiger partial charge in [-0.05, 0) is 61.8 Å². The van der Waals surface area contributed by atoms with Crippen LogP contribution in [0.25, 0.3) is 5.57 Å². The molecule has 3 heterocycles. The Bertz CT molecular complexity index is 1220. The zero-order chi connectivity index (χ0) is 26.7. The van der Waals surface area contributed by atoms with Crippen LogP contribution in [0.15, 0.2) is 67.1 Å². The van der Waals surface area contributed by atoms with E-state index in [-0.39, 0.29) is 48.6 Å². The Morgan fingerprint density at radius 3 is 2.49 bits per heavy atom. The van der Waals surface area contributed by atoms with Gasteiger partial charge in [-0.2, -0.15) is 0 Å². The second-order valence-corrected chi connectivity index (χ2v) is 14.8. The minimum atomic E-state index is -1.84. The Balaban J connectivity index is 1.53. The maximum absolute atomic E-state index is 13.2. The number of aromatic nitrogens is 1. The molecule has 0 bridgehead atoms. The Morgan fingerprint density at radius 2 is 1.86 bits per heavy atom. The number of hydrogen-bond donors (Lipinski definition) is 1. The van der Waals surface area contributed by atoms with E-state index >= 15 is 0 Å². The topological polar surface area (TPSA) is 97.8 Å². The zero-order valence-electron chi connectivity index (χ0n) is 21.7. The van der Waals surface area contributed by atoms with Gasteiger partial charge in [-0.25, -0.2) is 4.79 Å². The fraction of sp³-hybridized carbons (Fsp3) is 0.357. The monoisotopic (exact) mass is 519 g/mol. The first-order valence-electron chi connectivity index (χ1n) is 12.4. The predicted molar refractivity (Wildman–Crippen MR) is 144 cm³/mol. The average molecular weight is 520 g/mol. The zero-order valence-corrected chi connectivity index (χ0v) is 22.7. The van der Waals surface area contributed by atoms with Gasteiger partial charge in [0.2, 0.25) is 11.8 Å². The minimum Gasteiger partial charge on any atom is -0.457 e. The van der Waals surface area contributed by atoms with Crippen LogP contribution in [0.3, 0.4) is 0 Å². The Morgan fingerprint density at radius 1 is 1.19 bits per heavy atom.